The van der Waals surface area contributed by atoms with Crippen LogP contribution in [0, 0.1) is 5.82 Å². The number of halogens is 1. The third-order valence-electron chi connectivity index (χ3n) is 7.34. The third-order valence-corrected chi connectivity index (χ3v) is 8.56. The molecule has 3 aromatic heterocycles. The minimum atomic E-state index is -0.295. The maximum Gasteiger partial charge on any atom is 0.147 e. The second-order valence-corrected chi connectivity index (χ2v) is 12.0. The first-order chi connectivity index (χ1) is 18.9. The second-order valence-electron chi connectivity index (χ2n) is 10.9. The smallest absolute Gasteiger partial charge is 0.147 e. The monoisotopic (exact) mass is 527 g/mol. The van der Waals surface area contributed by atoms with Crippen molar-refractivity contribution in [3.63, 3.8) is 0 Å². The highest BCUT2D eigenvalue weighted by atomic mass is 32.1. The van der Waals surface area contributed by atoms with Gasteiger partial charge in [-0.2, -0.15) is 0 Å². The van der Waals surface area contributed by atoms with Crippen LogP contribution in [0.5, 0.6) is 0 Å². The molecule has 0 spiro atoms. The van der Waals surface area contributed by atoms with Crippen molar-refractivity contribution in [2.75, 3.05) is 0 Å². The number of thiophene rings is 1. The molecule has 0 saturated carbocycles. The Kier molecular flexibility index (Phi) is 5.39. The lowest BCUT2D eigenvalue weighted by Crippen LogP contribution is -2.12. The van der Waals surface area contributed by atoms with E-state index >= 15 is 0 Å². The van der Waals surface area contributed by atoms with E-state index in [9.17, 15) is 4.39 Å². The van der Waals surface area contributed by atoms with Crippen molar-refractivity contribution in [3.8, 4) is 28.2 Å². The molecule has 0 radical (unpaired) electrons. The molecule has 4 aromatic carbocycles. The molecule has 0 unspecified atom stereocenters. The van der Waals surface area contributed by atoms with Crippen LogP contribution in [0.3, 0.4) is 0 Å². The molecular formula is C34H26FN3S. The van der Waals surface area contributed by atoms with Crippen molar-refractivity contribution in [3.05, 3.63) is 115 Å². The Hall–Kier alpha value is -4.35. The Balaban J connectivity index is 1.59. The lowest BCUT2D eigenvalue weighted by Gasteiger charge is -2.23. The molecule has 190 valence electrons. The average Bonchev–Trinajstić information content (AvgIpc) is 3.51. The van der Waals surface area contributed by atoms with Crippen molar-refractivity contribution in [2.24, 2.45) is 0 Å². The molecule has 7 aromatic rings. The van der Waals surface area contributed by atoms with Crippen LogP contribution in [0.25, 0.3) is 59.4 Å². The molecule has 5 heteroatoms. The molecule has 0 amide bonds. The number of rotatable bonds is 3. The van der Waals surface area contributed by atoms with E-state index in [1.165, 1.54) is 22.4 Å². The van der Waals surface area contributed by atoms with E-state index in [1.807, 2.05) is 24.5 Å². The minimum Gasteiger partial charge on any atom is -0.292 e. The molecule has 0 aliphatic rings. The van der Waals surface area contributed by atoms with Gasteiger partial charge in [0.1, 0.15) is 11.6 Å². The number of imidazole rings is 1. The summed E-state index contributed by atoms with van der Waals surface area (Å²) in [7, 11) is 0. The average molecular weight is 528 g/mol. The molecule has 0 fully saturated rings. The first-order valence-corrected chi connectivity index (χ1v) is 13.8. The molecule has 39 heavy (non-hydrogen) atoms. The normalized spacial score (nSPS) is 12.1. The third kappa shape index (κ3) is 3.93. The summed E-state index contributed by atoms with van der Waals surface area (Å²) < 4.78 is 19.0. The van der Waals surface area contributed by atoms with Crippen molar-refractivity contribution >= 4 is 42.5 Å². The standard InChI is InChI=1S/C34H26FN3S/c1-34(2,3)22-12-14-29(26(18-22)21-8-5-4-6-9-21)38-30-15-13-23(35)19-28(30)37-33(38)25-11-7-10-24-27-20-36-17-16-31(27)39-32(24)25/h4-20H,1-3H3. The van der Waals surface area contributed by atoms with Gasteiger partial charge in [0.25, 0.3) is 0 Å². The number of hydrogen-bond donors (Lipinski definition) is 0. The van der Waals surface area contributed by atoms with Gasteiger partial charge >= 0.3 is 0 Å². The van der Waals surface area contributed by atoms with Gasteiger partial charge in [-0.05, 0) is 52.9 Å². The van der Waals surface area contributed by atoms with Crippen LogP contribution in [0.4, 0.5) is 4.39 Å². The fourth-order valence-corrected chi connectivity index (χ4v) is 6.52. The number of hydrogen-bond acceptors (Lipinski definition) is 3. The van der Waals surface area contributed by atoms with E-state index in [0.717, 1.165) is 49.2 Å². The van der Waals surface area contributed by atoms with Gasteiger partial charge in [0.2, 0.25) is 0 Å². The lowest BCUT2D eigenvalue weighted by molar-refractivity contribution is 0.590. The fraction of sp³-hybridized carbons (Fsp3) is 0.118. The van der Waals surface area contributed by atoms with Crippen LogP contribution in [0.15, 0.2) is 103 Å². The maximum atomic E-state index is 14.4. The summed E-state index contributed by atoms with van der Waals surface area (Å²) in [6.07, 6.45) is 3.76. The van der Waals surface area contributed by atoms with Crippen LogP contribution >= 0.6 is 11.3 Å². The Labute approximate surface area is 230 Å². The maximum absolute atomic E-state index is 14.4. The number of nitrogens with zero attached hydrogens (tertiary/aromatic N) is 3. The van der Waals surface area contributed by atoms with Crippen LogP contribution in [-0.4, -0.2) is 14.5 Å². The van der Waals surface area contributed by atoms with Gasteiger partial charge in [0, 0.05) is 49.8 Å². The van der Waals surface area contributed by atoms with E-state index in [-0.39, 0.29) is 11.2 Å². The van der Waals surface area contributed by atoms with Crippen LogP contribution in [0.1, 0.15) is 26.3 Å². The summed E-state index contributed by atoms with van der Waals surface area (Å²) in [6.45, 7) is 6.69. The zero-order valence-corrected chi connectivity index (χ0v) is 22.8. The van der Waals surface area contributed by atoms with Gasteiger partial charge in [-0.3, -0.25) is 9.55 Å². The Morgan fingerprint density at radius 1 is 0.795 bits per heavy atom. The highest BCUT2D eigenvalue weighted by Crippen LogP contribution is 2.42. The Bertz CT molecular complexity index is 2010. The van der Waals surface area contributed by atoms with E-state index in [2.05, 4.69) is 97.1 Å². The predicted molar refractivity (Wildman–Crippen MR) is 161 cm³/mol. The molecule has 0 aliphatic heterocycles. The van der Waals surface area contributed by atoms with Gasteiger partial charge in [-0.1, -0.05) is 69.3 Å². The van der Waals surface area contributed by atoms with E-state index in [0.29, 0.717) is 5.52 Å². The molecule has 0 saturated heterocycles. The van der Waals surface area contributed by atoms with E-state index in [1.54, 1.807) is 11.3 Å². The topological polar surface area (TPSA) is 30.7 Å². The number of fused-ring (bicyclic) bond motifs is 4. The van der Waals surface area contributed by atoms with E-state index in [4.69, 9.17) is 4.98 Å². The van der Waals surface area contributed by atoms with Crippen LogP contribution < -0.4 is 0 Å². The van der Waals surface area contributed by atoms with Gasteiger partial charge in [-0.15, -0.1) is 11.3 Å². The summed E-state index contributed by atoms with van der Waals surface area (Å²) in [5, 5.41) is 2.28. The van der Waals surface area contributed by atoms with Crippen LogP contribution in [0.2, 0.25) is 0 Å². The molecule has 0 aliphatic carbocycles. The molecule has 0 atom stereocenters. The highest BCUT2D eigenvalue weighted by molar-refractivity contribution is 7.26. The minimum absolute atomic E-state index is 0.0122. The molecule has 3 heterocycles. The lowest BCUT2D eigenvalue weighted by atomic mass is 9.85. The van der Waals surface area contributed by atoms with Gasteiger partial charge in [-0.25, -0.2) is 9.37 Å². The Morgan fingerprint density at radius 2 is 1.64 bits per heavy atom. The highest BCUT2D eigenvalue weighted by Gasteiger charge is 2.23. The SMILES string of the molecule is CC(C)(C)c1ccc(-n2c(-c3cccc4c3sc3ccncc34)nc3cc(F)ccc32)c(-c2ccccc2)c1. The number of benzene rings is 4. The largest absolute Gasteiger partial charge is 0.292 e. The Morgan fingerprint density at radius 3 is 2.46 bits per heavy atom. The first-order valence-electron chi connectivity index (χ1n) is 13.0. The van der Waals surface area contributed by atoms with Crippen molar-refractivity contribution < 1.29 is 4.39 Å². The van der Waals surface area contributed by atoms with Gasteiger partial charge < -0.3 is 0 Å². The van der Waals surface area contributed by atoms with Crippen LogP contribution in [-0.2, 0) is 5.41 Å². The zero-order valence-electron chi connectivity index (χ0n) is 21.9. The summed E-state index contributed by atoms with van der Waals surface area (Å²) in [4.78, 5) is 9.42. The second kappa shape index (κ2) is 8.85. The quantitative estimate of drug-likeness (QED) is 0.229. The summed E-state index contributed by atoms with van der Waals surface area (Å²) in [6, 6.07) is 30.4. The molecule has 7 rings (SSSR count). The predicted octanol–water partition coefficient (Wildman–Crippen LogP) is 9.56. The van der Waals surface area contributed by atoms with E-state index < -0.39 is 0 Å². The molecule has 0 N–H and O–H groups in total. The molecule has 3 nitrogen and oxygen atoms in total. The van der Waals surface area contributed by atoms with Gasteiger partial charge in [0.05, 0.1) is 16.7 Å². The molecule has 0 bridgehead atoms. The van der Waals surface area contributed by atoms with Gasteiger partial charge in [0.15, 0.2) is 0 Å². The molecular weight excluding hydrogens is 501 g/mol. The fourth-order valence-electron chi connectivity index (χ4n) is 5.34. The number of aromatic nitrogens is 3. The summed E-state index contributed by atoms with van der Waals surface area (Å²) >= 11 is 1.74. The summed E-state index contributed by atoms with van der Waals surface area (Å²) in [5.41, 5.74) is 7.00. The van der Waals surface area contributed by atoms with Crippen molar-refractivity contribution in [1.29, 1.82) is 0 Å². The van der Waals surface area contributed by atoms with Crippen molar-refractivity contribution in [1.82, 2.24) is 14.5 Å². The first kappa shape index (κ1) is 23.7. The summed E-state index contributed by atoms with van der Waals surface area (Å²) in [5.74, 6) is 0.498. The van der Waals surface area contributed by atoms with Crippen molar-refractivity contribution in [2.45, 2.75) is 26.2 Å². The zero-order chi connectivity index (χ0) is 26.7. The number of pyridine rings is 1.